The van der Waals surface area contributed by atoms with E-state index in [2.05, 4.69) is 0 Å². The van der Waals surface area contributed by atoms with E-state index in [0.717, 1.165) is 18.2 Å². The first-order valence-corrected chi connectivity index (χ1v) is 11.1. The molecule has 10 heteroatoms. The van der Waals surface area contributed by atoms with Crippen LogP contribution in [0.1, 0.15) is 45.1 Å². The molecule has 1 aromatic carbocycles. The van der Waals surface area contributed by atoms with Crippen LogP contribution in [-0.4, -0.2) is 53.4 Å². The average Bonchev–Trinajstić information content (AvgIpc) is 3.30. The Hall–Kier alpha value is -3.95. The van der Waals surface area contributed by atoms with Crippen LogP contribution in [-0.2, 0) is 13.0 Å². The van der Waals surface area contributed by atoms with Gasteiger partial charge < -0.3 is 23.5 Å². The molecule has 4 rings (SSSR count). The molecular formula is C25H25F2N3O5. The number of ether oxygens (including phenoxy) is 1. The normalized spacial score (nSPS) is 14.1. The van der Waals surface area contributed by atoms with Gasteiger partial charge in [-0.05, 0) is 37.3 Å². The average molecular weight is 485 g/mol. The Morgan fingerprint density at radius 2 is 1.91 bits per heavy atom. The van der Waals surface area contributed by atoms with Crippen LogP contribution in [0.4, 0.5) is 8.78 Å². The Bertz CT molecular complexity index is 1320. The SMILES string of the molecule is COc1cc(=O)n2c(c1C(=O)N(C)[C@H](C)c1ccco1)CCN(C(=O)c1cc(F)ccc1F)CC2. The summed E-state index contributed by atoms with van der Waals surface area (Å²) in [7, 11) is 2.99. The molecule has 0 spiro atoms. The van der Waals surface area contributed by atoms with E-state index in [-0.39, 0.29) is 54.4 Å². The van der Waals surface area contributed by atoms with E-state index in [4.69, 9.17) is 9.15 Å². The minimum Gasteiger partial charge on any atom is -0.496 e. The Balaban J connectivity index is 1.68. The number of benzene rings is 1. The number of carbonyl (C=O) groups excluding carboxylic acids is 2. The van der Waals surface area contributed by atoms with Crippen molar-refractivity contribution in [3.05, 3.63) is 87.2 Å². The van der Waals surface area contributed by atoms with Crippen molar-refractivity contribution < 1.29 is 27.5 Å². The van der Waals surface area contributed by atoms with Crippen molar-refractivity contribution in [3.63, 3.8) is 0 Å². The predicted molar refractivity (Wildman–Crippen MR) is 122 cm³/mol. The fourth-order valence-corrected chi connectivity index (χ4v) is 4.25. The van der Waals surface area contributed by atoms with E-state index in [1.54, 1.807) is 19.2 Å². The molecule has 1 atom stereocenters. The highest BCUT2D eigenvalue weighted by Gasteiger charge is 2.31. The molecule has 1 aliphatic heterocycles. The maximum absolute atomic E-state index is 14.2. The van der Waals surface area contributed by atoms with E-state index in [1.807, 2.05) is 6.92 Å². The lowest BCUT2D eigenvalue weighted by molar-refractivity contribution is 0.0719. The highest BCUT2D eigenvalue weighted by Crippen LogP contribution is 2.28. The molecule has 184 valence electrons. The Labute approximate surface area is 200 Å². The van der Waals surface area contributed by atoms with E-state index >= 15 is 0 Å². The zero-order valence-corrected chi connectivity index (χ0v) is 19.6. The lowest BCUT2D eigenvalue weighted by atomic mass is 10.1. The molecule has 0 unspecified atom stereocenters. The number of fused-ring (bicyclic) bond motifs is 1. The monoisotopic (exact) mass is 485 g/mol. The number of furan rings is 1. The van der Waals surface area contributed by atoms with Crippen LogP contribution in [0.15, 0.2) is 51.9 Å². The Kier molecular flexibility index (Phi) is 6.72. The van der Waals surface area contributed by atoms with Gasteiger partial charge in [0.2, 0.25) is 0 Å². The molecule has 0 bridgehead atoms. The van der Waals surface area contributed by atoms with Crippen molar-refractivity contribution in [2.75, 3.05) is 27.2 Å². The molecule has 1 aliphatic rings. The van der Waals surface area contributed by atoms with Crippen molar-refractivity contribution in [3.8, 4) is 5.75 Å². The summed E-state index contributed by atoms with van der Waals surface area (Å²) >= 11 is 0. The summed E-state index contributed by atoms with van der Waals surface area (Å²) in [5.74, 6) is -1.91. The Morgan fingerprint density at radius 3 is 2.60 bits per heavy atom. The first-order valence-electron chi connectivity index (χ1n) is 11.1. The fraction of sp³-hybridized carbons (Fsp3) is 0.320. The van der Waals surface area contributed by atoms with Crippen molar-refractivity contribution >= 4 is 11.8 Å². The third-order valence-electron chi connectivity index (χ3n) is 6.33. The van der Waals surface area contributed by atoms with Crippen LogP contribution in [0.5, 0.6) is 5.75 Å². The van der Waals surface area contributed by atoms with E-state index in [1.165, 1.54) is 33.8 Å². The molecule has 3 aromatic rings. The summed E-state index contributed by atoms with van der Waals surface area (Å²) in [6, 6.07) is 7.03. The second-order valence-electron chi connectivity index (χ2n) is 8.30. The summed E-state index contributed by atoms with van der Waals surface area (Å²) in [5.41, 5.74) is -0.155. The molecular weight excluding hydrogens is 460 g/mol. The minimum atomic E-state index is -0.832. The molecule has 0 aliphatic carbocycles. The van der Waals surface area contributed by atoms with Gasteiger partial charge in [-0.1, -0.05) is 0 Å². The minimum absolute atomic E-state index is 0.0819. The largest absolute Gasteiger partial charge is 0.496 e. The summed E-state index contributed by atoms with van der Waals surface area (Å²) in [6.07, 6.45) is 1.66. The predicted octanol–water partition coefficient (Wildman–Crippen LogP) is 3.26. The lowest BCUT2D eigenvalue weighted by Gasteiger charge is -2.26. The Morgan fingerprint density at radius 1 is 1.14 bits per heavy atom. The van der Waals surface area contributed by atoms with Gasteiger partial charge in [0.05, 0.1) is 25.0 Å². The molecule has 2 amide bonds. The molecule has 8 nitrogen and oxygen atoms in total. The van der Waals surface area contributed by atoms with E-state index < -0.39 is 23.6 Å². The molecule has 0 saturated heterocycles. The topological polar surface area (TPSA) is 85.0 Å². The fourth-order valence-electron chi connectivity index (χ4n) is 4.25. The van der Waals surface area contributed by atoms with Crippen LogP contribution in [0.25, 0.3) is 0 Å². The highest BCUT2D eigenvalue weighted by molar-refractivity contribution is 5.98. The second-order valence-corrected chi connectivity index (χ2v) is 8.30. The van der Waals surface area contributed by atoms with Gasteiger partial charge in [-0.25, -0.2) is 8.78 Å². The summed E-state index contributed by atoms with van der Waals surface area (Å²) in [5, 5.41) is 0. The van der Waals surface area contributed by atoms with Crippen molar-refractivity contribution in [1.82, 2.24) is 14.4 Å². The van der Waals surface area contributed by atoms with Gasteiger partial charge >= 0.3 is 0 Å². The molecule has 0 saturated carbocycles. The molecule has 35 heavy (non-hydrogen) atoms. The zero-order valence-electron chi connectivity index (χ0n) is 19.6. The number of carbonyl (C=O) groups is 2. The summed E-state index contributed by atoms with van der Waals surface area (Å²) < 4.78 is 40.1. The molecule has 3 heterocycles. The zero-order chi connectivity index (χ0) is 25.3. The van der Waals surface area contributed by atoms with E-state index in [0.29, 0.717) is 11.5 Å². The van der Waals surface area contributed by atoms with Crippen molar-refractivity contribution in [1.29, 1.82) is 0 Å². The number of nitrogens with zero attached hydrogens (tertiary/aromatic N) is 3. The van der Waals surface area contributed by atoms with Crippen molar-refractivity contribution in [2.24, 2.45) is 0 Å². The third kappa shape index (κ3) is 4.55. The van der Waals surface area contributed by atoms with Gasteiger partial charge in [-0.15, -0.1) is 0 Å². The number of methoxy groups -OCH3 is 1. The molecule has 0 radical (unpaired) electrons. The van der Waals surface area contributed by atoms with Gasteiger partial charge in [0, 0.05) is 44.9 Å². The van der Waals surface area contributed by atoms with Gasteiger partial charge in [0.25, 0.3) is 17.4 Å². The molecule has 0 N–H and O–H groups in total. The first-order chi connectivity index (χ1) is 16.7. The number of hydrogen-bond donors (Lipinski definition) is 0. The van der Waals surface area contributed by atoms with Crippen LogP contribution >= 0.6 is 0 Å². The lowest BCUT2D eigenvalue weighted by Crippen LogP contribution is -2.35. The second kappa shape index (κ2) is 9.73. The number of halogens is 2. The van der Waals surface area contributed by atoms with Crippen molar-refractivity contribution in [2.45, 2.75) is 25.9 Å². The van der Waals surface area contributed by atoms with Crippen LogP contribution < -0.4 is 10.3 Å². The first kappa shape index (κ1) is 24.2. The number of aromatic nitrogens is 1. The number of rotatable bonds is 5. The van der Waals surface area contributed by atoms with Gasteiger partial charge in [0.15, 0.2) is 0 Å². The number of amides is 2. The highest BCUT2D eigenvalue weighted by atomic mass is 19.1. The third-order valence-corrected chi connectivity index (χ3v) is 6.33. The number of pyridine rings is 1. The smallest absolute Gasteiger partial charge is 0.259 e. The molecule has 0 fully saturated rings. The van der Waals surface area contributed by atoms with E-state index in [9.17, 15) is 23.2 Å². The standard InChI is InChI=1S/C25H25F2N3O5/c1-15(20-5-4-12-35-20)28(2)25(33)23-19-8-9-29(10-11-30(19)22(31)14-21(23)34-3)24(32)17-13-16(26)6-7-18(17)27/h4-7,12-15H,8-11H2,1-3H3/t15-/m1/s1. The molecule has 2 aromatic heterocycles. The number of hydrogen-bond acceptors (Lipinski definition) is 5. The van der Waals surface area contributed by atoms with Gasteiger partial charge in [-0.2, -0.15) is 0 Å². The van der Waals surface area contributed by atoms with Crippen LogP contribution in [0, 0.1) is 11.6 Å². The summed E-state index contributed by atoms with van der Waals surface area (Å²) in [4.78, 5) is 42.2. The maximum Gasteiger partial charge on any atom is 0.259 e. The maximum atomic E-state index is 14.2. The van der Waals surface area contributed by atoms with Gasteiger partial charge in [0.1, 0.15) is 28.7 Å². The van der Waals surface area contributed by atoms with Crippen LogP contribution in [0.3, 0.4) is 0 Å². The quantitative estimate of drug-likeness (QED) is 0.554. The van der Waals surface area contributed by atoms with Crippen LogP contribution in [0.2, 0.25) is 0 Å². The van der Waals surface area contributed by atoms with Gasteiger partial charge in [-0.3, -0.25) is 14.4 Å². The summed E-state index contributed by atoms with van der Waals surface area (Å²) in [6.45, 7) is 2.07.